The van der Waals surface area contributed by atoms with Gasteiger partial charge in [0.2, 0.25) is 15.9 Å². The van der Waals surface area contributed by atoms with Gasteiger partial charge in [-0.05, 0) is 47.0 Å². The number of hydrogen-bond donors (Lipinski definition) is 3. The van der Waals surface area contributed by atoms with E-state index in [-0.39, 0.29) is 29.8 Å². The summed E-state index contributed by atoms with van der Waals surface area (Å²) in [5.74, 6) is -1.18. The van der Waals surface area contributed by atoms with Crippen LogP contribution in [0, 0.1) is 5.92 Å². The number of halogens is 1. The summed E-state index contributed by atoms with van der Waals surface area (Å²) in [5.41, 5.74) is 5.04. The Morgan fingerprint density at radius 3 is 2.59 bits per heavy atom. The molecule has 0 atom stereocenters. The molecule has 1 aliphatic rings. The molecule has 0 radical (unpaired) electrons. The highest BCUT2D eigenvalue weighted by molar-refractivity contribution is 9.10. The summed E-state index contributed by atoms with van der Waals surface area (Å²) < 4.78 is 27.2. The fraction of sp³-hybridized carbons (Fsp3) is 0.312. The third-order valence-corrected chi connectivity index (χ3v) is 6.63. The fourth-order valence-corrected chi connectivity index (χ4v) is 4.57. The van der Waals surface area contributed by atoms with Gasteiger partial charge in [-0.2, -0.15) is 4.31 Å². The van der Waals surface area contributed by atoms with Crippen molar-refractivity contribution in [2.24, 2.45) is 5.92 Å². The molecule has 2 aromatic heterocycles. The third kappa shape index (κ3) is 4.54. The number of carbonyl (C=O) groups excluding carboxylic acids is 2. The molecule has 0 spiro atoms. The topological polar surface area (TPSA) is 124 Å². The fourth-order valence-electron chi connectivity index (χ4n) is 2.79. The van der Waals surface area contributed by atoms with Crippen molar-refractivity contribution in [1.29, 1.82) is 0 Å². The molecule has 9 nitrogen and oxygen atoms in total. The second-order valence-corrected chi connectivity index (χ2v) is 8.90. The number of hydrazine groups is 1. The highest BCUT2D eigenvalue weighted by atomic mass is 79.9. The zero-order valence-corrected chi connectivity index (χ0v) is 16.6. The highest BCUT2D eigenvalue weighted by Gasteiger charge is 2.32. The second kappa shape index (κ2) is 8.19. The van der Waals surface area contributed by atoms with Gasteiger partial charge in [0.05, 0.1) is 0 Å². The number of amides is 2. The van der Waals surface area contributed by atoms with E-state index in [1.54, 1.807) is 18.3 Å². The van der Waals surface area contributed by atoms with Gasteiger partial charge in [0, 0.05) is 42.1 Å². The highest BCUT2D eigenvalue weighted by Crippen LogP contribution is 2.23. The molecule has 0 bridgehead atoms. The molecule has 3 rings (SSSR count). The molecular formula is C16H18BrN5O4S. The zero-order chi connectivity index (χ0) is 19.4. The van der Waals surface area contributed by atoms with Crippen LogP contribution in [0.2, 0.25) is 0 Å². The lowest BCUT2D eigenvalue weighted by molar-refractivity contribution is -0.126. The Labute approximate surface area is 164 Å². The maximum absolute atomic E-state index is 12.6. The van der Waals surface area contributed by atoms with Crippen LogP contribution in [0.4, 0.5) is 0 Å². The normalized spacial score (nSPS) is 16.0. The Hall–Kier alpha value is -2.24. The van der Waals surface area contributed by atoms with E-state index < -0.39 is 15.9 Å². The Bertz CT molecular complexity index is 923. The van der Waals surface area contributed by atoms with Crippen molar-refractivity contribution in [2.75, 3.05) is 13.1 Å². The van der Waals surface area contributed by atoms with Crippen molar-refractivity contribution >= 4 is 37.8 Å². The summed E-state index contributed by atoms with van der Waals surface area (Å²) in [5, 5.41) is 0. The molecule has 144 valence electrons. The van der Waals surface area contributed by atoms with Crippen LogP contribution < -0.4 is 10.9 Å². The van der Waals surface area contributed by atoms with Crippen molar-refractivity contribution in [1.82, 2.24) is 25.1 Å². The minimum atomic E-state index is -3.61. The molecule has 1 fully saturated rings. The SMILES string of the molecule is O=C(NNC(=O)C1CCN(S(=O)(=O)c2cccnc2)CC1)c1cc(Br)c[nH]1. The van der Waals surface area contributed by atoms with Gasteiger partial charge in [-0.25, -0.2) is 8.42 Å². The largest absolute Gasteiger partial charge is 0.356 e. The van der Waals surface area contributed by atoms with Crippen molar-refractivity contribution in [3.8, 4) is 0 Å². The molecule has 0 aromatic carbocycles. The smallest absolute Gasteiger partial charge is 0.286 e. The van der Waals surface area contributed by atoms with Crippen LogP contribution >= 0.6 is 15.9 Å². The summed E-state index contributed by atoms with van der Waals surface area (Å²) in [7, 11) is -3.61. The predicted molar refractivity (Wildman–Crippen MR) is 99.8 cm³/mol. The molecule has 0 unspecified atom stereocenters. The summed E-state index contributed by atoms with van der Waals surface area (Å²) in [6.07, 6.45) is 5.16. The Morgan fingerprint density at radius 2 is 2.00 bits per heavy atom. The van der Waals surface area contributed by atoms with E-state index >= 15 is 0 Å². The van der Waals surface area contributed by atoms with Gasteiger partial charge in [0.1, 0.15) is 10.6 Å². The van der Waals surface area contributed by atoms with E-state index in [9.17, 15) is 18.0 Å². The van der Waals surface area contributed by atoms with Crippen LogP contribution in [-0.4, -0.2) is 47.6 Å². The molecule has 0 saturated carbocycles. The minimum Gasteiger partial charge on any atom is -0.356 e. The lowest BCUT2D eigenvalue weighted by atomic mass is 9.98. The van der Waals surface area contributed by atoms with Gasteiger partial charge in [-0.15, -0.1) is 0 Å². The summed E-state index contributed by atoms with van der Waals surface area (Å²) >= 11 is 3.23. The van der Waals surface area contributed by atoms with Gasteiger partial charge in [-0.1, -0.05) is 0 Å². The number of H-pyrrole nitrogens is 1. The monoisotopic (exact) mass is 455 g/mol. The molecule has 3 heterocycles. The summed E-state index contributed by atoms with van der Waals surface area (Å²) in [4.78, 5) is 30.9. The lowest BCUT2D eigenvalue weighted by Crippen LogP contribution is -2.48. The molecule has 2 amide bonds. The molecule has 2 aromatic rings. The molecule has 3 N–H and O–H groups in total. The van der Waals surface area contributed by atoms with Crippen molar-refractivity contribution < 1.29 is 18.0 Å². The minimum absolute atomic E-state index is 0.136. The molecular weight excluding hydrogens is 438 g/mol. The first-order valence-corrected chi connectivity index (χ1v) is 10.5. The molecule has 11 heteroatoms. The van der Waals surface area contributed by atoms with E-state index in [0.29, 0.717) is 18.5 Å². The van der Waals surface area contributed by atoms with Gasteiger partial charge in [0.15, 0.2) is 0 Å². The molecule has 1 saturated heterocycles. The van der Waals surface area contributed by atoms with Crippen LogP contribution in [0.5, 0.6) is 0 Å². The van der Waals surface area contributed by atoms with Crippen molar-refractivity contribution in [3.63, 3.8) is 0 Å². The number of nitrogens with zero attached hydrogens (tertiary/aromatic N) is 2. The second-order valence-electron chi connectivity index (χ2n) is 6.04. The first kappa shape index (κ1) is 19.5. The maximum Gasteiger partial charge on any atom is 0.286 e. The average Bonchev–Trinajstić information content (AvgIpc) is 3.13. The van der Waals surface area contributed by atoms with E-state index in [1.807, 2.05) is 0 Å². The number of nitrogens with one attached hydrogen (secondary N) is 3. The van der Waals surface area contributed by atoms with Crippen molar-refractivity contribution in [3.05, 3.63) is 47.0 Å². The number of aromatic nitrogens is 2. The van der Waals surface area contributed by atoms with Gasteiger partial charge < -0.3 is 4.98 Å². The Balaban J connectivity index is 1.51. The van der Waals surface area contributed by atoms with Crippen molar-refractivity contribution in [2.45, 2.75) is 17.7 Å². The molecule has 1 aliphatic heterocycles. The van der Waals surface area contributed by atoms with Gasteiger partial charge in [0.25, 0.3) is 5.91 Å². The summed E-state index contributed by atoms with van der Waals surface area (Å²) in [6, 6.07) is 4.65. The number of rotatable bonds is 4. The number of sulfonamides is 1. The number of pyridine rings is 1. The van der Waals surface area contributed by atoms with E-state index in [4.69, 9.17) is 0 Å². The van der Waals surface area contributed by atoms with Crippen LogP contribution in [0.3, 0.4) is 0 Å². The van der Waals surface area contributed by atoms with E-state index in [2.05, 4.69) is 36.7 Å². The lowest BCUT2D eigenvalue weighted by Gasteiger charge is -2.30. The van der Waals surface area contributed by atoms with Crippen LogP contribution in [0.1, 0.15) is 23.3 Å². The summed E-state index contributed by atoms with van der Waals surface area (Å²) in [6.45, 7) is 0.458. The average molecular weight is 456 g/mol. The van der Waals surface area contributed by atoms with E-state index in [0.717, 1.165) is 4.47 Å². The van der Waals surface area contributed by atoms with Gasteiger partial charge in [-0.3, -0.25) is 25.4 Å². The number of piperidine rings is 1. The third-order valence-electron chi connectivity index (χ3n) is 4.29. The first-order chi connectivity index (χ1) is 12.9. The number of carbonyl (C=O) groups is 2. The Morgan fingerprint density at radius 1 is 1.26 bits per heavy atom. The van der Waals surface area contributed by atoms with Gasteiger partial charge >= 0.3 is 0 Å². The van der Waals surface area contributed by atoms with Crippen LogP contribution in [-0.2, 0) is 14.8 Å². The van der Waals surface area contributed by atoms with Crippen LogP contribution in [0.15, 0.2) is 46.2 Å². The maximum atomic E-state index is 12.6. The van der Waals surface area contributed by atoms with Crippen LogP contribution in [0.25, 0.3) is 0 Å². The standard InChI is InChI=1S/C16H18BrN5O4S/c17-12-8-14(19-9-12)16(24)21-20-15(23)11-3-6-22(7-4-11)27(25,26)13-2-1-5-18-10-13/h1-2,5,8-11,19H,3-4,6-7H2,(H,20,23)(H,21,24). The first-order valence-electron chi connectivity index (χ1n) is 8.22. The van der Waals surface area contributed by atoms with E-state index in [1.165, 1.54) is 22.8 Å². The number of aromatic amines is 1. The molecule has 27 heavy (non-hydrogen) atoms. The Kier molecular flexibility index (Phi) is 5.92. The molecule has 0 aliphatic carbocycles. The quantitative estimate of drug-likeness (QED) is 0.593. The number of hydrogen-bond acceptors (Lipinski definition) is 5. The zero-order valence-electron chi connectivity index (χ0n) is 14.2. The predicted octanol–water partition coefficient (Wildman–Crippen LogP) is 1.03.